The van der Waals surface area contributed by atoms with Gasteiger partial charge in [-0.1, -0.05) is 0 Å². The zero-order chi connectivity index (χ0) is 16.4. The van der Waals surface area contributed by atoms with Crippen LogP contribution >= 0.6 is 0 Å². The van der Waals surface area contributed by atoms with Gasteiger partial charge >= 0.3 is 5.97 Å². The van der Waals surface area contributed by atoms with Crippen LogP contribution in [0.5, 0.6) is 0 Å². The number of hydrogen-bond acceptors (Lipinski definition) is 5. The van der Waals surface area contributed by atoms with Gasteiger partial charge in [-0.2, -0.15) is 0 Å². The molecule has 0 N–H and O–H groups in total. The molecular weight excluding hydrogens is 292 g/mol. The molecule has 0 aromatic carbocycles. The van der Waals surface area contributed by atoms with E-state index in [2.05, 4.69) is 28.9 Å². The van der Waals surface area contributed by atoms with Crippen LogP contribution in [0.4, 0.5) is 0 Å². The summed E-state index contributed by atoms with van der Waals surface area (Å²) in [5.41, 5.74) is 1.20. The molecule has 23 heavy (non-hydrogen) atoms. The Hall–Kier alpha value is -1.95. The van der Waals surface area contributed by atoms with Crippen LogP contribution < -0.4 is 0 Å². The standard InChI is InChI=1S/C17H24N4O2/c1-12(2)20-7-4-5-13(11-20)9-15-18-19-16-10-14(17(22)23-3)6-8-21(15)16/h6,8,10,12-13H,4-5,7,9,11H2,1-3H3. The third-order valence-electron chi connectivity index (χ3n) is 4.65. The van der Waals surface area contributed by atoms with Crippen molar-refractivity contribution < 1.29 is 9.53 Å². The molecular formula is C17H24N4O2. The number of pyridine rings is 1. The first kappa shape index (κ1) is 15.9. The van der Waals surface area contributed by atoms with E-state index >= 15 is 0 Å². The molecule has 0 saturated carbocycles. The van der Waals surface area contributed by atoms with Crippen molar-refractivity contribution in [1.82, 2.24) is 19.5 Å². The fraction of sp³-hybridized carbons (Fsp3) is 0.588. The summed E-state index contributed by atoms with van der Waals surface area (Å²) >= 11 is 0. The lowest BCUT2D eigenvalue weighted by molar-refractivity contribution is 0.0600. The van der Waals surface area contributed by atoms with Crippen molar-refractivity contribution in [2.75, 3.05) is 20.2 Å². The molecule has 2 aromatic rings. The van der Waals surface area contributed by atoms with Crippen LogP contribution in [0.25, 0.3) is 5.65 Å². The van der Waals surface area contributed by atoms with Crippen LogP contribution in [-0.2, 0) is 11.2 Å². The quantitative estimate of drug-likeness (QED) is 0.809. The molecule has 1 unspecified atom stereocenters. The third-order valence-corrected chi connectivity index (χ3v) is 4.65. The second-order valence-electron chi connectivity index (χ2n) is 6.55. The number of esters is 1. The largest absolute Gasteiger partial charge is 0.465 e. The highest BCUT2D eigenvalue weighted by atomic mass is 16.5. The average Bonchev–Trinajstić information content (AvgIpc) is 2.96. The Morgan fingerprint density at radius 2 is 2.26 bits per heavy atom. The highest BCUT2D eigenvalue weighted by Crippen LogP contribution is 2.22. The molecule has 1 fully saturated rings. The molecule has 6 heteroatoms. The Bertz CT molecular complexity index is 695. The fourth-order valence-corrected chi connectivity index (χ4v) is 3.32. The monoisotopic (exact) mass is 316 g/mol. The van der Waals surface area contributed by atoms with E-state index in [0.717, 1.165) is 18.8 Å². The molecule has 3 heterocycles. The molecule has 3 rings (SSSR count). The molecule has 1 aliphatic heterocycles. The lowest BCUT2D eigenvalue weighted by Crippen LogP contribution is -2.40. The Kier molecular flexibility index (Phi) is 4.61. The van der Waals surface area contributed by atoms with Gasteiger partial charge in [-0.25, -0.2) is 4.79 Å². The van der Waals surface area contributed by atoms with Gasteiger partial charge in [0, 0.05) is 25.2 Å². The van der Waals surface area contributed by atoms with E-state index in [1.54, 1.807) is 12.1 Å². The van der Waals surface area contributed by atoms with E-state index in [0.29, 0.717) is 23.2 Å². The highest BCUT2D eigenvalue weighted by Gasteiger charge is 2.23. The predicted molar refractivity (Wildman–Crippen MR) is 87.5 cm³/mol. The highest BCUT2D eigenvalue weighted by molar-refractivity contribution is 5.90. The number of fused-ring (bicyclic) bond motifs is 1. The lowest BCUT2D eigenvalue weighted by Gasteiger charge is -2.35. The fourth-order valence-electron chi connectivity index (χ4n) is 3.32. The Morgan fingerprint density at radius 1 is 1.43 bits per heavy atom. The van der Waals surface area contributed by atoms with Crippen molar-refractivity contribution in [2.45, 2.75) is 39.2 Å². The van der Waals surface area contributed by atoms with E-state index in [4.69, 9.17) is 4.74 Å². The maximum atomic E-state index is 11.6. The SMILES string of the molecule is COC(=O)c1ccn2c(CC3CCCN(C(C)C)C3)nnc2c1. The zero-order valence-electron chi connectivity index (χ0n) is 14.0. The van der Waals surface area contributed by atoms with Crippen molar-refractivity contribution >= 4 is 11.6 Å². The first-order chi connectivity index (χ1) is 11.1. The summed E-state index contributed by atoms with van der Waals surface area (Å²) in [5.74, 6) is 1.22. The summed E-state index contributed by atoms with van der Waals surface area (Å²) in [7, 11) is 1.38. The number of ether oxygens (including phenoxy) is 1. The Balaban J connectivity index is 1.77. The summed E-state index contributed by atoms with van der Waals surface area (Å²) in [5, 5.41) is 8.54. The van der Waals surface area contributed by atoms with Gasteiger partial charge in [-0.05, 0) is 51.3 Å². The van der Waals surface area contributed by atoms with E-state index in [-0.39, 0.29) is 5.97 Å². The van der Waals surface area contributed by atoms with E-state index in [1.807, 2.05) is 10.6 Å². The number of carbonyl (C=O) groups is 1. The molecule has 1 saturated heterocycles. The first-order valence-corrected chi connectivity index (χ1v) is 8.24. The molecule has 124 valence electrons. The van der Waals surface area contributed by atoms with Crippen molar-refractivity contribution in [3.63, 3.8) is 0 Å². The molecule has 0 aliphatic carbocycles. The summed E-state index contributed by atoms with van der Waals surface area (Å²) in [6, 6.07) is 4.08. The molecule has 0 radical (unpaired) electrons. The smallest absolute Gasteiger partial charge is 0.338 e. The summed E-state index contributed by atoms with van der Waals surface area (Å²) in [4.78, 5) is 14.1. The first-order valence-electron chi connectivity index (χ1n) is 8.24. The Morgan fingerprint density at radius 3 is 3.00 bits per heavy atom. The van der Waals surface area contributed by atoms with Crippen LogP contribution in [0.1, 0.15) is 42.9 Å². The van der Waals surface area contributed by atoms with Gasteiger partial charge in [0.15, 0.2) is 5.65 Å². The van der Waals surface area contributed by atoms with Crippen molar-refractivity contribution in [1.29, 1.82) is 0 Å². The number of hydrogen-bond donors (Lipinski definition) is 0. The predicted octanol–water partition coefficient (Wildman–Crippen LogP) is 2.18. The summed E-state index contributed by atoms with van der Waals surface area (Å²) in [6.45, 7) is 6.82. The number of carbonyl (C=O) groups excluding carboxylic acids is 1. The normalized spacial score (nSPS) is 19.4. The molecule has 2 aromatic heterocycles. The summed E-state index contributed by atoms with van der Waals surface area (Å²) in [6.07, 6.45) is 5.26. The number of aromatic nitrogens is 3. The number of likely N-dealkylation sites (tertiary alicyclic amines) is 1. The summed E-state index contributed by atoms with van der Waals surface area (Å²) < 4.78 is 6.72. The van der Waals surface area contributed by atoms with Gasteiger partial charge in [0.25, 0.3) is 0 Å². The van der Waals surface area contributed by atoms with Crippen LogP contribution in [0, 0.1) is 5.92 Å². The van der Waals surface area contributed by atoms with Crippen molar-refractivity contribution in [3.05, 3.63) is 29.7 Å². The minimum absolute atomic E-state index is 0.350. The minimum atomic E-state index is -0.350. The van der Waals surface area contributed by atoms with Gasteiger partial charge in [0.05, 0.1) is 12.7 Å². The lowest BCUT2D eigenvalue weighted by atomic mass is 9.93. The third kappa shape index (κ3) is 3.37. The van der Waals surface area contributed by atoms with Crippen LogP contribution in [0.3, 0.4) is 0 Å². The van der Waals surface area contributed by atoms with Crippen LogP contribution in [0.15, 0.2) is 18.3 Å². The zero-order valence-corrected chi connectivity index (χ0v) is 14.0. The average molecular weight is 316 g/mol. The molecule has 0 bridgehead atoms. The van der Waals surface area contributed by atoms with Crippen molar-refractivity contribution in [2.24, 2.45) is 5.92 Å². The van der Waals surface area contributed by atoms with Gasteiger partial charge in [-0.15, -0.1) is 10.2 Å². The van der Waals surface area contributed by atoms with Gasteiger partial charge in [0.2, 0.25) is 0 Å². The van der Waals surface area contributed by atoms with Crippen LogP contribution in [0.2, 0.25) is 0 Å². The number of rotatable bonds is 4. The number of methoxy groups -OCH3 is 1. The van der Waals surface area contributed by atoms with Crippen molar-refractivity contribution in [3.8, 4) is 0 Å². The van der Waals surface area contributed by atoms with Gasteiger partial charge in [-0.3, -0.25) is 4.40 Å². The molecule has 0 spiro atoms. The maximum absolute atomic E-state index is 11.6. The van der Waals surface area contributed by atoms with Gasteiger partial charge < -0.3 is 9.64 Å². The Labute approximate surface area is 136 Å². The molecule has 0 amide bonds. The van der Waals surface area contributed by atoms with E-state index in [1.165, 1.54) is 26.5 Å². The van der Waals surface area contributed by atoms with E-state index < -0.39 is 0 Å². The second-order valence-corrected chi connectivity index (χ2v) is 6.55. The van der Waals surface area contributed by atoms with E-state index in [9.17, 15) is 4.79 Å². The topological polar surface area (TPSA) is 59.7 Å². The van der Waals surface area contributed by atoms with Gasteiger partial charge in [0.1, 0.15) is 5.82 Å². The molecule has 1 atom stereocenters. The maximum Gasteiger partial charge on any atom is 0.338 e. The second kappa shape index (κ2) is 6.66. The number of nitrogens with zero attached hydrogens (tertiary/aromatic N) is 4. The van der Waals surface area contributed by atoms with Crippen LogP contribution in [-0.4, -0.2) is 51.7 Å². The molecule has 6 nitrogen and oxygen atoms in total. The number of piperidine rings is 1. The molecule has 1 aliphatic rings. The minimum Gasteiger partial charge on any atom is -0.465 e.